The van der Waals surface area contributed by atoms with E-state index >= 15 is 0 Å². The smallest absolute Gasteiger partial charge is 0.156 e. The Morgan fingerprint density at radius 1 is 1.17 bits per heavy atom. The van der Waals surface area contributed by atoms with Crippen LogP contribution in [0.4, 0.5) is 0 Å². The third-order valence-corrected chi connectivity index (χ3v) is 4.39. The first-order valence-corrected chi connectivity index (χ1v) is 7.03. The minimum absolute atomic E-state index is 0.112. The summed E-state index contributed by atoms with van der Waals surface area (Å²) in [5, 5.41) is 0.990. The van der Waals surface area contributed by atoms with Gasteiger partial charge in [-0.15, -0.1) is 0 Å². The molecular formula is C14H17Cl2NO. The Hall–Kier alpha value is -0.570. The molecule has 2 N–H and O–H groups in total. The molecule has 0 heterocycles. The number of nitrogens with two attached hydrogens (primary N) is 1. The monoisotopic (exact) mass is 285 g/mol. The van der Waals surface area contributed by atoms with Crippen LogP contribution in [0.3, 0.4) is 0 Å². The van der Waals surface area contributed by atoms with E-state index in [2.05, 4.69) is 0 Å². The molecule has 0 amide bonds. The molecule has 1 saturated carbocycles. The van der Waals surface area contributed by atoms with Gasteiger partial charge in [-0.05, 0) is 30.5 Å². The highest BCUT2D eigenvalue weighted by atomic mass is 35.5. The third-order valence-electron chi connectivity index (χ3n) is 3.65. The molecule has 0 radical (unpaired) electrons. The molecule has 1 aliphatic carbocycles. The summed E-state index contributed by atoms with van der Waals surface area (Å²) < 4.78 is 0. The maximum Gasteiger partial charge on any atom is 0.156 e. The average Bonchev–Trinajstić information content (AvgIpc) is 2.35. The lowest BCUT2D eigenvalue weighted by atomic mass is 9.78. The first kappa shape index (κ1) is 13.9. The van der Waals surface area contributed by atoms with Gasteiger partial charge in [-0.3, -0.25) is 4.79 Å². The van der Waals surface area contributed by atoms with Crippen LogP contribution < -0.4 is 5.73 Å². The molecule has 1 aromatic carbocycles. The first-order valence-electron chi connectivity index (χ1n) is 6.27. The summed E-state index contributed by atoms with van der Waals surface area (Å²) >= 11 is 11.8. The van der Waals surface area contributed by atoms with Crippen molar-refractivity contribution < 1.29 is 4.79 Å². The van der Waals surface area contributed by atoms with Crippen LogP contribution in [0.5, 0.6) is 0 Å². The minimum atomic E-state index is -0.635. The zero-order chi connectivity index (χ0) is 13.2. The number of hydrogen-bond acceptors (Lipinski definition) is 2. The summed E-state index contributed by atoms with van der Waals surface area (Å²) in [6.07, 6.45) is 5.21. The predicted molar refractivity (Wildman–Crippen MR) is 75.2 cm³/mol. The van der Waals surface area contributed by atoms with Crippen molar-refractivity contribution in [3.05, 3.63) is 33.8 Å². The zero-order valence-electron chi connectivity index (χ0n) is 10.2. The second-order valence-corrected chi connectivity index (χ2v) is 5.88. The van der Waals surface area contributed by atoms with Crippen LogP contribution in [0.15, 0.2) is 18.2 Å². The lowest BCUT2D eigenvalue weighted by Gasteiger charge is -2.31. The molecule has 0 bridgehead atoms. The van der Waals surface area contributed by atoms with Crippen LogP contribution in [0.25, 0.3) is 0 Å². The second-order valence-electron chi connectivity index (χ2n) is 5.07. The molecule has 0 spiro atoms. The molecule has 2 nitrogen and oxygen atoms in total. The van der Waals surface area contributed by atoms with Crippen LogP contribution in [-0.2, 0) is 11.2 Å². The van der Waals surface area contributed by atoms with Gasteiger partial charge in [0.2, 0.25) is 0 Å². The fourth-order valence-corrected chi connectivity index (χ4v) is 2.79. The van der Waals surface area contributed by atoms with Gasteiger partial charge in [0.1, 0.15) is 0 Å². The quantitative estimate of drug-likeness (QED) is 0.919. The Bertz CT molecular complexity index is 453. The highest BCUT2D eigenvalue weighted by molar-refractivity contribution is 6.42. The molecular weight excluding hydrogens is 269 g/mol. The van der Waals surface area contributed by atoms with E-state index in [9.17, 15) is 4.79 Å². The molecule has 2 rings (SSSR count). The van der Waals surface area contributed by atoms with Crippen LogP contribution >= 0.6 is 23.2 Å². The Labute approximate surface area is 117 Å². The van der Waals surface area contributed by atoms with Gasteiger partial charge in [0.25, 0.3) is 0 Å². The molecule has 18 heavy (non-hydrogen) atoms. The average molecular weight is 286 g/mol. The number of carbonyl (C=O) groups is 1. The van der Waals surface area contributed by atoms with E-state index in [4.69, 9.17) is 28.9 Å². The van der Waals surface area contributed by atoms with Gasteiger partial charge in [-0.1, -0.05) is 48.5 Å². The van der Waals surface area contributed by atoms with E-state index in [-0.39, 0.29) is 5.78 Å². The summed E-state index contributed by atoms with van der Waals surface area (Å²) in [6.45, 7) is 0. The fraction of sp³-hybridized carbons (Fsp3) is 0.500. The summed E-state index contributed by atoms with van der Waals surface area (Å²) in [4.78, 5) is 12.3. The van der Waals surface area contributed by atoms with Crippen LogP contribution in [0, 0.1) is 0 Å². The van der Waals surface area contributed by atoms with Crippen molar-refractivity contribution >= 4 is 29.0 Å². The SMILES string of the molecule is NC1(C(=O)Cc2ccc(Cl)c(Cl)c2)CCCCC1. The van der Waals surface area contributed by atoms with E-state index in [1.807, 2.05) is 6.07 Å². The molecule has 1 fully saturated rings. The van der Waals surface area contributed by atoms with E-state index in [0.29, 0.717) is 16.5 Å². The van der Waals surface area contributed by atoms with Crippen molar-refractivity contribution in [1.29, 1.82) is 0 Å². The Balaban J connectivity index is 2.08. The number of ketones is 1. The lowest BCUT2D eigenvalue weighted by Crippen LogP contribution is -2.50. The molecule has 98 valence electrons. The van der Waals surface area contributed by atoms with E-state index in [1.54, 1.807) is 12.1 Å². The Kier molecular flexibility index (Phi) is 4.31. The number of hydrogen-bond donors (Lipinski definition) is 1. The molecule has 0 unspecified atom stereocenters. The molecule has 1 aliphatic rings. The maximum atomic E-state index is 12.3. The van der Waals surface area contributed by atoms with Crippen molar-refractivity contribution in [3.8, 4) is 0 Å². The van der Waals surface area contributed by atoms with Gasteiger partial charge in [-0.2, -0.15) is 0 Å². The zero-order valence-corrected chi connectivity index (χ0v) is 11.7. The second kappa shape index (κ2) is 5.60. The van der Waals surface area contributed by atoms with Crippen molar-refractivity contribution in [2.75, 3.05) is 0 Å². The summed E-state index contributed by atoms with van der Waals surface area (Å²) in [5.41, 5.74) is 6.45. The van der Waals surface area contributed by atoms with Gasteiger partial charge in [-0.25, -0.2) is 0 Å². The predicted octanol–water partition coefficient (Wildman–Crippen LogP) is 3.77. The maximum absolute atomic E-state index is 12.3. The van der Waals surface area contributed by atoms with Crippen molar-refractivity contribution in [1.82, 2.24) is 0 Å². The molecule has 0 saturated heterocycles. The van der Waals surface area contributed by atoms with Gasteiger partial charge >= 0.3 is 0 Å². The fourth-order valence-electron chi connectivity index (χ4n) is 2.47. The summed E-state index contributed by atoms with van der Waals surface area (Å²) in [6, 6.07) is 5.29. The highest BCUT2D eigenvalue weighted by Gasteiger charge is 2.34. The topological polar surface area (TPSA) is 43.1 Å². The number of Topliss-reactive ketones (excluding diaryl/α,β-unsaturated/α-hetero) is 1. The van der Waals surface area contributed by atoms with Crippen molar-refractivity contribution in [2.45, 2.75) is 44.1 Å². The lowest BCUT2D eigenvalue weighted by molar-refractivity contribution is -0.124. The van der Waals surface area contributed by atoms with Crippen LogP contribution in [0.1, 0.15) is 37.7 Å². The third kappa shape index (κ3) is 3.05. The number of halogens is 2. The van der Waals surface area contributed by atoms with Gasteiger partial charge < -0.3 is 5.73 Å². The van der Waals surface area contributed by atoms with Crippen molar-refractivity contribution in [3.63, 3.8) is 0 Å². The largest absolute Gasteiger partial charge is 0.319 e. The van der Waals surface area contributed by atoms with Crippen LogP contribution in [-0.4, -0.2) is 11.3 Å². The van der Waals surface area contributed by atoms with Crippen molar-refractivity contribution in [2.24, 2.45) is 5.73 Å². The van der Waals surface area contributed by atoms with Gasteiger partial charge in [0, 0.05) is 6.42 Å². The standard InChI is InChI=1S/C14H17Cl2NO/c15-11-5-4-10(8-12(11)16)9-13(18)14(17)6-2-1-3-7-14/h4-5,8H,1-3,6-7,9,17H2. The minimum Gasteiger partial charge on any atom is -0.319 e. The van der Waals surface area contributed by atoms with E-state index in [1.165, 1.54) is 6.42 Å². The molecule has 1 aromatic rings. The van der Waals surface area contributed by atoms with E-state index in [0.717, 1.165) is 31.2 Å². The van der Waals surface area contributed by atoms with Crippen LogP contribution in [0.2, 0.25) is 10.0 Å². The molecule has 0 aromatic heterocycles. The highest BCUT2D eigenvalue weighted by Crippen LogP contribution is 2.29. The number of carbonyl (C=O) groups excluding carboxylic acids is 1. The van der Waals surface area contributed by atoms with E-state index < -0.39 is 5.54 Å². The summed E-state index contributed by atoms with van der Waals surface area (Å²) in [5.74, 6) is 0.112. The Morgan fingerprint density at radius 3 is 2.44 bits per heavy atom. The number of rotatable bonds is 3. The van der Waals surface area contributed by atoms with Gasteiger partial charge in [0.15, 0.2) is 5.78 Å². The molecule has 0 atom stereocenters. The Morgan fingerprint density at radius 2 is 1.83 bits per heavy atom. The normalized spacial score (nSPS) is 18.6. The first-order chi connectivity index (χ1) is 8.51. The van der Waals surface area contributed by atoms with Gasteiger partial charge in [0.05, 0.1) is 15.6 Å². The summed E-state index contributed by atoms with van der Waals surface area (Å²) in [7, 11) is 0. The number of benzene rings is 1. The molecule has 0 aliphatic heterocycles. The molecule has 4 heteroatoms.